The zero-order chi connectivity index (χ0) is 14.7. The Bertz CT molecular complexity index is 600. The largest absolute Gasteiger partial charge is 0.496 e. The van der Waals surface area contributed by atoms with Crippen LogP contribution in [0.2, 0.25) is 0 Å². The van der Waals surface area contributed by atoms with E-state index >= 15 is 0 Å². The molecule has 1 atom stereocenters. The number of nitrogens with two attached hydrogens (primary N) is 1. The molecule has 2 N–H and O–H groups in total. The van der Waals surface area contributed by atoms with Crippen molar-refractivity contribution in [3.8, 4) is 11.5 Å². The van der Waals surface area contributed by atoms with Crippen LogP contribution in [0.5, 0.6) is 11.5 Å². The van der Waals surface area contributed by atoms with Crippen molar-refractivity contribution < 1.29 is 9.47 Å². The summed E-state index contributed by atoms with van der Waals surface area (Å²) in [4.78, 5) is 0. The van der Waals surface area contributed by atoms with E-state index in [1.807, 2.05) is 36.4 Å². The van der Waals surface area contributed by atoms with Crippen LogP contribution >= 0.6 is 31.9 Å². The lowest BCUT2D eigenvalue weighted by Gasteiger charge is -2.18. The molecule has 0 saturated carbocycles. The van der Waals surface area contributed by atoms with Gasteiger partial charge in [-0.25, -0.2) is 0 Å². The lowest BCUT2D eigenvalue weighted by atomic mass is 9.98. The van der Waals surface area contributed by atoms with Crippen molar-refractivity contribution in [2.75, 3.05) is 14.2 Å². The highest BCUT2D eigenvalue weighted by atomic mass is 79.9. The first-order valence-electron chi connectivity index (χ1n) is 5.99. The maximum absolute atomic E-state index is 6.35. The Morgan fingerprint density at radius 1 is 0.950 bits per heavy atom. The second-order valence-corrected chi connectivity index (χ2v) is 6.03. The molecule has 3 nitrogen and oxygen atoms in total. The van der Waals surface area contributed by atoms with Crippen molar-refractivity contribution in [2.45, 2.75) is 6.04 Å². The first-order chi connectivity index (χ1) is 9.56. The van der Waals surface area contributed by atoms with Crippen molar-refractivity contribution >= 4 is 31.9 Å². The summed E-state index contributed by atoms with van der Waals surface area (Å²) in [6, 6.07) is 11.4. The highest BCUT2D eigenvalue weighted by molar-refractivity contribution is 9.10. The summed E-state index contributed by atoms with van der Waals surface area (Å²) in [7, 11) is 3.26. The van der Waals surface area contributed by atoms with Crippen LogP contribution in [0, 0.1) is 0 Å². The molecule has 0 bridgehead atoms. The Balaban J connectivity index is 2.47. The molecule has 0 amide bonds. The van der Waals surface area contributed by atoms with Crippen molar-refractivity contribution in [3.63, 3.8) is 0 Å². The van der Waals surface area contributed by atoms with Crippen LogP contribution in [0.15, 0.2) is 45.3 Å². The number of ether oxygens (including phenoxy) is 2. The molecular formula is C15H15Br2NO2. The van der Waals surface area contributed by atoms with Crippen molar-refractivity contribution in [1.29, 1.82) is 0 Å². The van der Waals surface area contributed by atoms with Gasteiger partial charge in [-0.1, -0.05) is 28.1 Å². The molecule has 0 aromatic heterocycles. The predicted molar refractivity (Wildman–Crippen MR) is 87.4 cm³/mol. The van der Waals surface area contributed by atoms with Crippen LogP contribution in [0.4, 0.5) is 0 Å². The molecule has 106 valence electrons. The zero-order valence-electron chi connectivity index (χ0n) is 11.2. The van der Waals surface area contributed by atoms with E-state index in [0.717, 1.165) is 31.6 Å². The summed E-state index contributed by atoms with van der Waals surface area (Å²) in [6.07, 6.45) is 0. The van der Waals surface area contributed by atoms with Crippen LogP contribution in [0.1, 0.15) is 17.2 Å². The minimum absolute atomic E-state index is 0.278. The van der Waals surface area contributed by atoms with E-state index in [0.29, 0.717) is 0 Å². The van der Waals surface area contributed by atoms with Gasteiger partial charge in [0.25, 0.3) is 0 Å². The Morgan fingerprint density at radius 2 is 1.55 bits per heavy atom. The van der Waals surface area contributed by atoms with Gasteiger partial charge in [0.15, 0.2) is 0 Å². The molecule has 0 saturated heterocycles. The molecule has 0 heterocycles. The fourth-order valence-electron chi connectivity index (χ4n) is 1.98. The van der Waals surface area contributed by atoms with Crippen LogP contribution in [-0.2, 0) is 0 Å². The van der Waals surface area contributed by atoms with Crippen LogP contribution in [0.3, 0.4) is 0 Å². The van der Waals surface area contributed by atoms with Gasteiger partial charge >= 0.3 is 0 Å². The highest BCUT2D eigenvalue weighted by Gasteiger charge is 2.17. The molecule has 20 heavy (non-hydrogen) atoms. The molecule has 2 aromatic rings. The van der Waals surface area contributed by atoms with E-state index in [1.54, 1.807) is 14.2 Å². The molecule has 2 rings (SSSR count). The van der Waals surface area contributed by atoms with Gasteiger partial charge in [-0.2, -0.15) is 0 Å². The van der Waals surface area contributed by atoms with E-state index in [4.69, 9.17) is 15.2 Å². The number of benzene rings is 2. The molecule has 2 aromatic carbocycles. The van der Waals surface area contributed by atoms with Crippen LogP contribution in [-0.4, -0.2) is 14.2 Å². The Labute approximate surface area is 135 Å². The summed E-state index contributed by atoms with van der Waals surface area (Å²) in [5.74, 6) is 1.46. The molecular weight excluding hydrogens is 386 g/mol. The predicted octanol–water partition coefficient (Wildman–Crippen LogP) is 4.28. The van der Waals surface area contributed by atoms with E-state index in [-0.39, 0.29) is 6.04 Å². The third-order valence-corrected chi connectivity index (χ3v) is 4.22. The van der Waals surface area contributed by atoms with Gasteiger partial charge in [0.2, 0.25) is 0 Å². The van der Waals surface area contributed by atoms with Gasteiger partial charge in [-0.05, 0) is 45.8 Å². The van der Waals surface area contributed by atoms with E-state index in [9.17, 15) is 0 Å². The van der Waals surface area contributed by atoms with Gasteiger partial charge in [0.05, 0.1) is 24.7 Å². The molecule has 0 spiro atoms. The van der Waals surface area contributed by atoms with Gasteiger partial charge in [-0.15, -0.1) is 0 Å². The topological polar surface area (TPSA) is 44.5 Å². The standard InChI is InChI=1S/C15H15Br2NO2/c1-19-13-8-12(17)14(20-2)7-11(13)15(18)9-3-5-10(16)6-4-9/h3-8,15H,18H2,1-2H3. The second kappa shape index (κ2) is 6.61. The Kier molecular flexibility index (Phi) is 5.07. The summed E-state index contributed by atoms with van der Waals surface area (Å²) >= 11 is 6.86. The van der Waals surface area contributed by atoms with E-state index < -0.39 is 0 Å². The third-order valence-electron chi connectivity index (χ3n) is 3.07. The Morgan fingerprint density at radius 3 is 2.10 bits per heavy atom. The first-order valence-corrected chi connectivity index (χ1v) is 7.58. The monoisotopic (exact) mass is 399 g/mol. The SMILES string of the molecule is COc1cc(C(N)c2ccc(Br)cc2)c(OC)cc1Br. The smallest absolute Gasteiger partial charge is 0.133 e. The lowest BCUT2D eigenvalue weighted by Crippen LogP contribution is -2.13. The number of halogens is 2. The van der Waals surface area contributed by atoms with Crippen molar-refractivity contribution in [2.24, 2.45) is 5.73 Å². The fourth-order valence-corrected chi connectivity index (χ4v) is 2.73. The van der Waals surface area contributed by atoms with Crippen molar-refractivity contribution in [3.05, 3.63) is 56.5 Å². The fraction of sp³-hybridized carbons (Fsp3) is 0.200. The molecule has 1 unspecified atom stereocenters. The van der Waals surface area contributed by atoms with E-state index in [2.05, 4.69) is 31.9 Å². The van der Waals surface area contributed by atoms with E-state index in [1.165, 1.54) is 0 Å². The van der Waals surface area contributed by atoms with Crippen LogP contribution in [0.25, 0.3) is 0 Å². The van der Waals surface area contributed by atoms with Gasteiger partial charge < -0.3 is 15.2 Å². The van der Waals surface area contributed by atoms with Gasteiger partial charge in [0.1, 0.15) is 11.5 Å². The third kappa shape index (κ3) is 3.16. The molecule has 0 aliphatic heterocycles. The minimum Gasteiger partial charge on any atom is -0.496 e. The normalized spacial score (nSPS) is 12.1. The van der Waals surface area contributed by atoms with Crippen molar-refractivity contribution in [1.82, 2.24) is 0 Å². The summed E-state index contributed by atoms with van der Waals surface area (Å²) in [5.41, 5.74) is 8.24. The second-order valence-electron chi connectivity index (χ2n) is 4.26. The number of rotatable bonds is 4. The first kappa shape index (κ1) is 15.4. The molecule has 0 fully saturated rings. The highest BCUT2D eigenvalue weighted by Crippen LogP contribution is 2.37. The quantitative estimate of drug-likeness (QED) is 0.832. The minimum atomic E-state index is -0.278. The average molecular weight is 401 g/mol. The Hall–Kier alpha value is -1.04. The number of methoxy groups -OCH3 is 2. The maximum atomic E-state index is 6.35. The van der Waals surface area contributed by atoms with Crippen LogP contribution < -0.4 is 15.2 Å². The summed E-state index contributed by atoms with van der Waals surface area (Å²) in [5, 5.41) is 0. The zero-order valence-corrected chi connectivity index (χ0v) is 14.4. The molecule has 5 heteroatoms. The molecule has 0 radical (unpaired) electrons. The van der Waals surface area contributed by atoms with Gasteiger partial charge in [-0.3, -0.25) is 0 Å². The molecule has 0 aliphatic carbocycles. The number of hydrogen-bond acceptors (Lipinski definition) is 3. The average Bonchev–Trinajstić information content (AvgIpc) is 2.47. The lowest BCUT2D eigenvalue weighted by molar-refractivity contribution is 0.395. The molecule has 0 aliphatic rings. The summed E-state index contributed by atoms with van der Waals surface area (Å²) < 4.78 is 12.6. The van der Waals surface area contributed by atoms with Gasteiger partial charge in [0, 0.05) is 10.0 Å². The number of hydrogen-bond donors (Lipinski definition) is 1. The maximum Gasteiger partial charge on any atom is 0.133 e. The summed E-state index contributed by atoms with van der Waals surface area (Å²) in [6.45, 7) is 0.